The third-order valence-corrected chi connectivity index (χ3v) is 10.7. The van der Waals surface area contributed by atoms with Crippen molar-refractivity contribution in [2.45, 2.75) is 43.0 Å². The average Bonchev–Trinajstić information content (AvgIpc) is 3.71. The van der Waals surface area contributed by atoms with Crippen LogP contribution in [0.3, 0.4) is 0 Å². The summed E-state index contributed by atoms with van der Waals surface area (Å²) in [6.45, 7) is 4.50. The van der Waals surface area contributed by atoms with Gasteiger partial charge in [0, 0.05) is 11.3 Å². The minimum absolute atomic E-state index is 0.00263. The molecule has 1 unspecified atom stereocenters. The molecule has 1 aromatic heterocycles. The number of aliphatic hydroxyl groups is 1. The summed E-state index contributed by atoms with van der Waals surface area (Å²) in [5.74, 6) is -0.507. The van der Waals surface area contributed by atoms with Gasteiger partial charge in [0.2, 0.25) is 5.13 Å². The van der Waals surface area contributed by atoms with Crippen molar-refractivity contribution in [1.29, 1.82) is 0 Å². The number of ether oxygens (including phenoxy) is 1. The van der Waals surface area contributed by atoms with Crippen LogP contribution >= 0.6 is 23.1 Å². The Kier molecular flexibility index (Phi) is 9.28. The maximum Gasteiger partial charge on any atom is 0.301 e. The zero-order valence-electron chi connectivity index (χ0n) is 27.0. The molecule has 0 aliphatic carbocycles. The molecule has 0 bridgehead atoms. The maximum absolute atomic E-state index is 13.7. The van der Waals surface area contributed by atoms with Gasteiger partial charge in [0.05, 0.1) is 11.6 Å². The molecule has 1 N–H and O–H groups in total. The number of nitrogens with zero attached hydrogens (tertiary/aromatic N) is 3. The van der Waals surface area contributed by atoms with E-state index in [4.69, 9.17) is 4.74 Å². The van der Waals surface area contributed by atoms with Gasteiger partial charge >= 0.3 is 5.91 Å². The maximum atomic E-state index is 13.7. The number of anilines is 1. The number of ketones is 1. The van der Waals surface area contributed by atoms with E-state index in [0.29, 0.717) is 38.7 Å². The Bertz CT molecular complexity index is 2190. The molecule has 1 aliphatic heterocycles. The van der Waals surface area contributed by atoms with E-state index in [2.05, 4.69) is 47.5 Å². The van der Waals surface area contributed by atoms with Gasteiger partial charge < -0.3 is 9.84 Å². The fourth-order valence-corrected chi connectivity index (χ4v) is 7.90. The SMILES string of the molecule is CCc1ccc(C2C(=C(O)c3ccc(OCc4cccc(C)c4)cc3)C(=O)C(=O)N2c2nnc(SCc3cccc4ccccc34)s2)cc1. The number of aromatic nitrogens is 2. The summed E-state index contributed by atoms with van der Waals surface area (Å²) in [7, 11) is 0. The molecular formula is C40H33N3O4S2. The van der Waals surface area contributed by atoms with Crippen LogP contribution in [-0.4, -0.2) is 27.0 Å². The number of aryl methyl sites for hydroxylation is 2. The molecule has 2 heterocycles. The molecule has 7 rings (SSSR count). The second-order valence-corrected chi connectivity index (χ2v) is 14.0. The number of fused-ring (bicyclic) bond motifs is 1. The predicted octanol–water partition coefficient (Wildman–Crippen LogP) is 9.06. The van der Waals surface area contributed by atoms with Crippen LogP contribution in [-0.2, 0) is 28.4 Å². The molecule has 49 heavy (non-hydrogen) atoms. The Hall–Kier alpha value is -5.25. The van der Waals surface area contributed by atoms with Crippen LogP contribution in [0.25, 0.3) is 16.5 Å². The molecule has 0 radical (unpaired) electrons. The molecule has 0 spiro atoms. The van der Waals surface area contributed by atoms with Crippen molar-refractivity contribution in [3.8, 4) is 5.75 Å². The van der Waals surface area contributed by atoms with E-state index in [0.717, 1.165) is 23.1 Å². The van der Waals surface area contributed by atoms with Gasteiger partial charge in [0.15, 0.2) is 4.34 Å². The highest BCUT2D eigenvalue weighted by molar-refractivity contribution is 8.00. The molecule has 1 aliphatic rings. The molecule has 244 valence electrons. The molecule has 9 heteroatoms. The van der Waals surface area contributed by atoms with Crippen molar-refractivity contribution in [3.05, 3.63) is 154 Å². The fraction of sp³-hybridized carbons (Fsp3) is 0.150. The van der Waals surface area contributed by atoms with E-state index < -0.39 is 17.7 Å². The van der Waals surface area contributed by atoms with Crippen LogP contribution in [0.5, 0.6) is 5.75 Å². The highest BCUT2D eigenvalue weighted by Gasteiger charge is 2.48. The Labute approximate surface area is 292 Å². The molecule has 0 saturated carbocycles. The number of benzene rings is 5. The van der Waals surface area contributed by atoms with Crippen LogP contribution in [0.1, 0.15) is 46.3 Å². The zero-order chi connectivity index (χ0) is 33.9. The number of Topliss-reactive ketones (excluding diaryl/α,β-unsaturated/α-hetero) is 1. The van der Waals surface area contributed by atoms with Crippen molar-refractivity contribution >= 4 is 56.5 Å². The molecule has 1 fully saturated rings. The van der Waals surface area contributed by atoms with Gasteiger partial charge in [-0.1, -0.05) is 127 Å². The summed E-state index contributed by atoms with van der Waals surface area (Å²) in [5, 5.41) is 23.0. The monoisotopic (exact) mass is 683 g/mol. The first-order valence-electron chi connectivity index (χ1n) is 16.0. The van der Waals surface area contributed by atoms with E-state index >= 15 is 0 Å². The van der Waals surface area contributed by atoms with E-state index in [9.17, 15) is 14.7 Å². The molecule has 7 nitrogen and oxygen atoms in total. The molecule has 6 aromatic rings. The van der Waals surface area contributed by atoms with Gasteiger partial charge in [-0.15, -0.1) is 10.2 Å². The van der Waals surface area contributed by atoms with E-state index in [1.165, 1.54) is 44.3 Å². The van der Waals surface area contributed by atoms with Crippen molar-refractivity contribution in [2.75, 3.05) is 4.90 Å². The second-order valence-electron chi connectivity index (χ2n) is 11.8. The number of thioether (sulfide) groups is 1. The summed E-state index contributed by atoms with van der Waals surface area (Å²) in [5.41, 5.74) is 5.58. The standard InChI is InChI=1S/C40H33N3O4S2/c1-3-26-14-16-29(17-15-26)35-34(36(44)30-18-20-32(21-19-30)47-23-27-9-6-8-25(2)22-27)37(45)38(46)43(35)39-41-42-40(49-39)48-24-31-12-7-11-28-10-4-5-13-33(28)31/h4-22,35,44H,3,23-24H2,1-2H3. The van der Waals surface area contributed by atoms with Gasteiger partial charge in [0.25, 0.3) is 5.78 Å². The molecular weight excluding hydrogens is 651 g/mol. The summed E-state index contributed by atoms with van der Waals surface area (Å²) in [4.78, 5) is 28.8. The first kappa shape index (κ1) is 32.3. The van der Waals surface area contributed by atoms with Crippen LogP contribution in [0.4, 0.5) is 5.13 Å². The lowest BCUT2D eigenvalue weighted by atomic mass is 9.94. The quantitative estimate of drug-likeness (QED) is 0.0506. The lowest BCUT2D eigenvalue weighted by Crippen LogP contribution is -2.29. The second kappa shape index (κ2) is 14.1. The van der Waals surface area contributed by atoms with Gasteiger partial charge in [0.1, 0.15) is 18.1 Å². The van der Waals surface area contributed by atoms with Crippen LogP contribution in [0, 0.1) is 6.92 Å². The zero-order valence-corrected chi connectivity index (χ0v) is 28.6. The number of aliphatic hydroxyl groups excluding tert-OH is 1. The number of carbonyl (C=O) groups is 2. The minimum atomic E-state index is -0.882. The molecule has 1 amide bonds. The number of rotatable bonds is 10. The Morgan fingerprint density at radius 3 is 2.41 bits per heavy atom. The third kappa shape index (κ3) is 6.72. The Morgan fingerprint density at radius 1 is 0.878 bits per heavy atom. The van der Waals surface area contributed by atoms with E-state index in [-0.39, 0.29) is 11.3 Å². The summed E-state index contributed by atoms with van der Waals surface area (Å²) < 4.78 is 6.63. The van der Waals surface area contributed by atoms with E-state index in [1.54, 1.807) is 24.3 Å². The van der Waals surface area contributed by atoms with Crippen LogP contribution < -0.4 is 9.64 Å². The molecule has 1 saturated heterocycles. The van der Waals surface area contributed by atoms with Crippen LogP contribution in [0.15, 0.2) is 125 Å². The van der Waals surface area contributed by atoms with Gasteiger partial charge in [-0.2, -0.15) is 0 Å². The van der Waals surface area contributed by atoms with Crippen molar-refractivity contribution < 1.29 is 19.4 Å². The number of hydrogen-bond acceptors (Lipinski definition) is 8. The van der Waals surface area contributed by atoms with Crippen molar-refractivity contribution in [1.82, 2.24) is 10.2 Å². The lowest BCUT2D eigenvalue weighted by molar-refractivity contribution is -0.132. The van der Waals surface area contributed by atoms with E-state index in [1.807, 2.05) is 67.6 Å². The van der Waals surface area contributed by atoms with Gasteiger partial charge in [-0.3, -0.25) is 14.5 Å². The molecule has 1 atom stereocenters. The highest BCUT2D eigenvalue weighted by Crippen LogP contribution is 2.44. The smallest absolute Gasteiger partial charge is 0.301 e. The number of amides is 1. The summed E-state index contributed by atoms with van der Waals surface area (Å²) in [6.07, 6.45) is 0.840. The van der Waals surface area contributed by atoms with Crippen molar-refractivity contribution in [3.63, 3.8) is 0 Å². The van der Waals surface area contributed by atoms with Gasteiger partial charge in [-0.25, -0.2) is 0 Å². The third-order valence-electron chi connectivity index (χ3n) is 8.60. The lowest BCUT2D eigenvalue weighted by Gasteiger charge is -2.22. The topological polar surface area (TPSA) is 92.6 Å². The first-order valence-corrected chi connectivity index (χ1v) is 17.8. The fourth-order valence-electron chi connectivity index (χ4n) is 6.03. The van der Waals surface area contributed by atoms with Crippen LogP contribution in [0.2, 0.25) is 0 Å². The number of carbonyl (C=O) groups excluding carboxylic acids is 2. The molecule has 5 aromatic carbocycles. The minimum Gasteiger partial charge on any atom is -0.507 e. The summed E-state index contributed by atoms with van der Waals surface area (Å²) >= 11 is 2.78. The normalized spacial score (nSPS) is 15.6. The Balaban J connectivity index is 1.18. The highest BCUT2D eigenvalue weighted by atomic mass is 32.2. The van der Waals surface area contributed by atoms with Crippen molar-refractivity contribution in [2.24, 2.45) is 0 Å². The summed E-state index contributed by atoms with van der Waals surface area (Å²) in [6, 6.07) is 36.3. The number of hydrogen-bond donors (Lipinski definition) is 1. The Morgan fingerprint density at radius 2 is 1.63 bits per heavy atom. The first-order chi connectivity index (χ1) is 23.9. The average molecular weight is 684 g/mol. The van der Waals surface area contributed by atoms with Gasteiger partial charge in [-0.05, 0) is 70.6 Å². The largest absolute Gasteiger partial charge is 0.507 e. The predicted molar refractivity (Wildman–Crippen MR) is 196 cm³/mol.